The Morgan fingerprint density at radius 3 is 1.84 bits per heavy atom. The summed E-state index contributed by atoms with van der Waals surface area (Å²) in [5.41, 5.74) is 2.83. The molecule has 0 unspecified atom stereocenters. The summed E-state index contributed by atoms with van der Waals surface area (Å²) >= 11 is 0. The number of aliphatic hydroxyl groups excluding tert-OH is 1. The highest BCUT2D eigenvalue weighted by Gasteiger charge is 2.30. The maximum absolute atomic E-state index is 13.4. The van der Waals surface area contributed by atoms with E-state index in [2.05, 4.69) is 5.32 Å². The number of rotatable bonds is 10. The summed E-state index contributed by atoms with van der Waals surface area (Å²) in [6, 6.07) is 28.2. The fraction of sp³-hybridized carbons (Fsp3) is 0.231. The average molecular weight is 417 g/mol. The molecule has 0 heterocycles. The standard InChI is InChI=1S/C26H28N2O3/c29-17-16-27-26(31)24(18-21-10-4-1-5-11-21)28(20-23-14-8-3-9-15-23)25(30)19-22-12-6-2-7-13-22/h1-15,24,29H,16-20H2,(H,27,31)/t24-/m1/s1. The first-order valence-corrected chi connectivity index (χ1v) is 10.5. The first kappa shape index (κ1) is 22.2. The molecule has 2 N–H and O–H groups in total. The van der Waals surface area contributed by atoms with E-state index >= 15 is 0 Å². The van der Waals surface area contributed by atoms with Crippen LogP contribution in [0.4, 0.5) is 0 Å². The van der Waals surface area contributed by atoms with Crippen molar-refractivity contribution in [3.8, 4) is 0 Å². The first-order chi connectivity index (χ1) is 15.2. The number of aliphatic hydroxyl groups is 1. The van der Waals surface area contributed by atoms with Gasteiger partial charge >= 0.3 is 0 Å². The molecule has 0 aliphatic carbocycles. The zero-order valence-corrected chi connectivity index (χ0v) is 17.5. The molecular formula is C26H28N2O3. The van der Waals surface area contributed by atoms with Gasteiger partial charge in [0.25, 0.3) is 0 Å². The summed E-state index contributed by atoms with van der Waals surface area (Å²) in [5.74, 6) is -0.384. The smallest absolute Gasteiger partial charge is 0.243 e. The molecule has 2 amide bonds. The molecule has 5 heteroatoms. The Bertz CT molecular complexity index is 946. The van der Waals surface area contributed by atoms with Crippen molar-refractivity contribution in [2.24, 2.45) is 0 Å². The number of benzene rings is 3. The van der Waals surface area contributed by atoms with E-state index in [1.807, 2.05) is 91.0 Å². The van der Waals surface area contributed by atoms with E-state index in [0.29, 0.717) is 13.0 Å². The first-order valence-electron chi connectivity index (χ1n) is 10.5. The van der Waals surface area contributed by atoms with Gasteiger partial charge in [-0.1, -0.05) is 91.0 Å². The van der Waals surface area contributed by atoms with Gasteiger partial charge in [-0.3, -0.25) is 9.59 Å². The summed E-state index contributed by atoms with van der Waals surface area (Å²) in [6.07, 6.45) is 0.609. The Balaban J connectivity index is 1.91. The second kappa shape index (κ2) is 11.7. The summed E-state index contributed by atoms with van der Waals surface area (Å²) < 4.78 is 0. The van der Waals surface area contributed by atoms with E-state index in [4.69, 9.17) is 5.11 Å². The lowest BCUT2D eigenvalue weighted by molar-refractivity contribution is -0.140. The maximum atomic E-state index is 13.4. The molecular weight excluding hydrogens is 388 g/mol. The van der Waals surface area contributed by atoms with Crippen LogP contribution in [0.15, 0.2) is 91.0 Å². The van der Waals surface area contributed by atoms with Crippen LogP contribution in [0.2, 0.25) is 0 Å². The van der Waals surface area contributed by atoms with Crippen LogP contribution < -0.4 is 5.32 Å². The highest BCUT2D eigenvalue weighted by Crippen LogP contribution is 2.16. The molecule has 0 fully saturated rings. The van der Waals surface area contributed by atoms with Gasteiger partial charge in [0.1, 0.15) is 6.04 Å². The number of hydrogen-bond acceptors (Lipinski definition) is 3. The third-order valence-electron chi connectivity index (χ3n) is 5.08. The second-order valence-electron chi connectivity index (χ2n) is 7.39. The normalized spacial score (nSPS) is 11.5. The molecule has 160 valence electrons. The largest absolute Gasteiger partial charge is 0.395 e. The van der Waals surface area contributed by atoms with Crippen molar-refractivity contribution in [2.75, 3.05) is 13.2 Å². The minimum atomic E-state index is -0.689. The van der Waals surface area contributed by atoms with Gasteiger partial charge in [-0.25, -0.2) is 0 Å². The van der Waals surface area contributed by atoms with Crippen LogP contribution in [-0.2, 0) is 29.0 Å². The SMILES string of the molecule is O=C(NCCO)[C@@H](Cc1ccccc1)N(Cc1ccccc1)C(=O)Cc1ccccc1. The van der Waals surface area contributed by atoms with Gasteiger partial charge in [-0.05, 0) is 16.7 Å². The van der Waals surface area contributed by atoms with Crippen LogP contribution in [0.3, 0.4) is 0 Å². The minimum Gasteiger partial charge on any atom is -0.395 e. The molecule has 0 spiro atoms. The molecule has 5 nitrogen and oxygen atoms in total. The fourth-order valence-corrected chi connectivity index (χ4v) is 3.50. The van der Waals surface area contributed by atoms with Crippen molar-refractivity contribution in [2.45, 2.75) is 25.4 Å². The molecule has 0 saturated carbocycles. The van der Waals surface area contributed by atoms with Crippen LogP contribution in [0.1, 0.15) is 16.7 Å². The molecule has 0 aliphatic heterocycles. The van der Waals surface area contributed by atoms with Crippen molar-refractivity contribution in [1.82, 2.24) is 10.2 Å². The summed E-state index contributed by atoms with van der Waals surface area (Å²) in [4.78, 5) is 28.2. The van der Waals surface area contributed by atoms with E-state index in [9.17, 15) is 9.59 Å². The molecule has 0 bridgehead atoms. The molecule has 0 saturated heterocycles. The lowest BCUT2D eigenvalue weighted by atomic mass is 10.0. The predicted molar refractivity (Wildman–Crippen MR) is 121 cm³/mol. The van der Waals surface area contributed by atoms with Crippen LogP contribution in [0.25, 0.3) is 0 Å². The Labute approximate surface area is 183 Å². The molecule has 3 rings (SSSR count). The number of nitrogens with zero attached hydrogens (tertiary/aromatic N) is 1. The van der Waals surface area contributed by atoms with E-state index in [0.717, 1.165) is 16.7 Å². The zero-order valence-electron chi connectivity index (χ0n) is 17.5. The van der Waals surface area contributed by atoms with Crippen LogP contribution in [0.5, 0.6) is 0 Å². The molecule has 0 aromatic heterocycles. The van der Waals surface area contributed by atoms with E-state index in [1.165, 1.54) is 0 Å². The monoisotopic (exact) mass is 416 g/mol. The van der Waals surface area contributed by atoms with Gasteiger partial charge in [0.2, 0.25) is 11.8 Å². The lowest BCUT2D eigenvalue weighted by Crippen LogP contribution is -2.51. The van der Waals surface area contributed by atoms with Crippen molar-refractivity contribution in [3.05, 3.63) is 108 Å². The van der Waals surface area contributed by atoms with Gasteiger partial charge < -0.3 is 15.3 Å². The molecule has 0 radical (unpaired) electrons. The van der Waals surface area contributed by atoms with E-state index in [1.54, 1.807) is 4.90 Å². The molecule has 3 aromatic carbocycles. The van der Waals surface area contributed by atoms with Crippen molar-refractivity contribution < 1.29 is 14.7 Å². The number of carbonyl (C=O) groups excluding carboxylic acids is 2. The van der Waals surface area contributed by atoms with Gasteiger partial charge in [0.05, 0.1) is 13.0 Å². The van der Waals surface area contributed by atoms with Gasteiger partial charge in [-0.15, -0.1) is 0 Å². The van der Waals surface area contributed by atoms with E-state index in [-0.39, 0.29) is 31.4 Å². The van der Waals surface area contributed by atoms with Crippen LogP contribution in [-0.4, -0.2) is 41.0 Å². The molecule has 3 aromatic rings. The zero-order chi connectivity index (χ0) is 21.9. The molecule has 1 atom stereocenters. The quantitative estimate of drug-likeness (QED) is 0.534. The third-order valence-corrected chi connectivity index (χ3v) is 5.08. The Hall–Kier alpha value is -3.44. The van der Waals surface area contributed by atoms with Crippen molar-refractivity contribution in [1.29, 1.82) is 0 Å². The summed E-state index contributed by atoms with van der Waals surface area (Å²) in [6.45, 7) is 0.327. The number of hydrogen-bond donors (Lipinski definition) is 2. The summed E-state index contributed by atoms with van der Waals surface area (Å²) in [7, 11) is 0. The van der Waals surface area contributed by atoms with Crippen LogP contribution >= 0.6 is 0 Å². The van der Waals surface area contributed by atoms with Gasteiger partial charge in [-0.2, -0.15) is 0 Å². The third kappa shape index (κ3) is 6.79. The fourth-order valence-electron chi connectivity index (χ4n) is 3.50. The molecule has 0 aliphatic rings. The van der Waals surface area contributed by atoms with Gasteiger partial charge in [0.15, 0.2) is 0 Å². The van der Waals surface area contributed by atoms with Crippen molar-refractivity contribution in [3.63, 3.8) is 0 Å². The Kier molecular flexibility index (Phi) is 8.38. The van der Waals surface area contributed by atoms with Crippen molar-refractivity contribution >= 4 is 11.8 Å². The lowest BCUT2D eigenvalue weighted by Gasteiger charge is -2.31. The summed E-state index contributed by atoms with van der Waals surface area (Å²) in [5, 5.41) is 11.9. The average Bonchev–Trinajstić information content (AvgIpc) is 2.81. The Morgan fingerprint density at radius 2 is 1.29 bits per heavy atom. The number of amides is 2. The topological polar surface area (TPSA) is 69.6 Å². The molecule has 31 heavy (non-hydrogen) atoms. The van der Waals surface area contributed by atoms with Gasteiger partial charge in [0, 0.05) is 19.5 Å². The minimum absolute atomic E-state index is 0.116. The highest BCUT2D eigenvalue weighted by molar-refractivity contribution is 5.88. The number of carbonyl (C=O) groups is 2. The highest BCUT2D eigenvalue weighted by atomic mass is 16.3. The predicted octanol–water partition coefficient (Wildman–Crippen LogP) is 2.98. The Morgan fingerprint density at radius 1 is 0.774 bits per heavy atom. The van der Waals surface area contributed by atoms with E-state index < -0.39 is 6.04 Å². The maximum Gasteiger partial charge on any atom is 0.243 e. The van der Waals surface area contributed by atoms with Crippen LogP contribution in [0, 0.1) is 0 Å². The number of nitrogens with one attached hydrogen (secondary N) is 1. The second-order valence-corrected chi connectivity index (χ2v) is 7.39.